The van der Waals surface area contributed by atoms with Crippen molar-refractivity contribution in [2.75, 3.05) is 0 Å². The molecule has 1 aromatic carbocycles. The van der Waals surface area contributed by atoms with Crippen LogP contribution in [0.5, 0.6) is 11.5 Å². The molecule has 4 nitrogen and oxygen atoms in total. The van der Waals surface area contributed by atoms with Crippen LogP contribution in [-0.2, 0) is 16.0 Å². The summed E-state index contributed by atoms with van der Waals surface area (Å²) >= 11 is 0. The minimum absolute atomic E-state index is 0. The number of aromatic hydroxyl groups is 2. The van der Waals surface area contributed by atoms with Crippen molar-refractivity contribution < 1.29 is 49.4 Å². The van der Waals surface area contributed by atoms with Crippen molar-refractivity contribution in [1.29, 1.82) is 0 Å². The van der Waals surface area contributed by atoms with E-state index in [1.165, 1.54) is 32.1 Å². The first-order chi connectivity index (χ1) is 9.17. The molecule has 20 heavy (non-hydrogen) atoms. The van der Waals surface area contributed by atoms with Gasteiger partial charge in [0, 0.05) is 11.5 Å². The molecule has 0 saturated carbocycles. The van der Waals surface area contributed by atoms with Gasteiger partial charge in [0.05, 0.1) is 0 Å². The first kappa shape index (κ1) is 21.5. The Kier molecular flexibility index (Phi) is 15.7. The number of carbonyl (C=O) groups excluding carboxylic acids is 2. The van der Waals surface area contributed by atoms with Gasteiger partial charge >= 0.3 is 35.7 Å². The summed E-state index contributed by atoms with van der Waals surface area (Å²) in [6.07, 6.45) is 8.49. The van der Waals surface area contributed by atoms with Crippen LogP contribution in [0, 0.1) is 6.07 Å². The van der Waals surface area contributed by atoms with E-state index in [0.29, 0.717) is 0 Å². The normalized spacial score (nSPS) is 8.85. The summed E-state index contributed by atoms with van der Waals surface area (Å²) in [5, 5.41) is 18.8. The van der Waals surface area contributed by atoms with E-state index in [9.17, 15) is 10.2 Å². The summed E-state index contributed by atoms with van der Waals surface area (Å²) in [7, 11) is 0. The van der Waals surface area contributed by atoms with Crippen molar-refractivity contribution in [3.63, 3.8) is 0 Å². The number of unbranched alkanes of at least 4 members (excludes halogenated alkanes) is 5. The van der Waals surface area contributed by atoms with Crippen LogP contribution in [0.4, 0.5) is 0 Å². The molecule has 0 unspecified atom stereocenters. The van der Waals surface area contributed by atoms with Gasteiger partial charge in [0.15, 0.2) is 0 Å². The molecule has 0 heterocycles. The molecule has 0 aromatic heterocycles. The first-order valence-electron chi connectivity index (χ1n) is 6.58. The van der Waals surface area contributed by atoms with Crippen LogP contribution < -0.4 is 29.6 Å². The third-order valence-corrected chi connectivity index (χ3v) is 2.83. The number of phenols is 2. The molecule has 2 N–H and O–H groups in total. The molecule has 0 spiro atoms. The van der Waals surface area contributed by atoms with Gasteiger partial charge < -0.3 is 10.2 Å². The van der Waals surface area contributed by atoms with Gasteiger partial charge in [-0.05, 0) is 6.42 Å². The molecule has 0 amide bonds. The zero-order valence-electron chi connectivity index (χ0n) is 12.3. The number of benzene rings is 1. The quantitative estimate of drug-likeness (QED) is 0.326. The Morgan fingerprint density at radius 1 is 1.10 bits per heavy atom. The molecule has 0 aliphatic heterocycles. The van der Waals surface area contributed by atoms with Crippen LogP contribution in [0.1, 0.15) is 51.0 Å². The molecule has 0 fully saturated rings. The third-order valence-electron chi connectivity index (χ3n) is 2.83. The topological polar surface area (TPSA) is 74.6 Å². The molecule has 1 aromatic rings. The van der Waals surface area contributed by atoms with Gasteiger partial charge in [-0.2, -0.15) is 21.7 Å². The maximum Gasteiger partial charge on any atom is 1.00 e. The fourth-order valence-electron chi connectivity index (χ4n) is 1.82. The zero-order valence-corrected chi connectivity index (χ0v) is 14.3. The summed E-state index contributed by atoms with van der Waals surface area (Å²) in [5.41, 5.74) is 0.826. The molecule has 0 atom stereocenters. The summed E-state index contributed by atoms with van der Waals surface area (Å²) in [4.78, 5) is 16.2. The Morgan fingerprint density at radius 3 is 2.25 bits per heavy atom. The van der Waals surface area contributed by atoms with Crippen LogP contribution in [-0.4, -0.2) is 16.4 Å². The van der Waals surface area contributed by atoms with Gasteiger partial charge in [-0.3, -0.25) is 0 Å². The van der Waals surface area contributed by atoms with Crippen LogP contribution >= 0.6 is 0 Å². The second-order valence-electron chi connectivity index (χ2n) is 4.30. The molecule has 1 rings (SSSR count). The Morgan fingerprint density at radius 2 is 1.65 bits per heavy atom. The minimum Gasteiger partial charge on any atom is -0.562 e. The van der Waals surface area contributed by atoms with Crippen LogP contribution in [0.15, 0.2) is 12.1 Å². The van der Waals surface area contributed by atoms with E-state index >= 15 is 0 Å². The van der Waals surface area contributed by atoms with E-state index < -0.39 is 0 Å². The molecule has 0 saturated heterocycles. The van der Waals surface area contributed by atoms with E-state index in [2.05, 4.69) is 13.0 Å². The minimum atomic E-state index is -0.136. The Hall–Kier alpha value is -0.800. The summed E-state index contributed by atoms with van der Waals surface area (Å²) < 4.78 is 0. The number of rotatable bonds is 7. The molecule has 0 aliphatic carbocycles. The Bertz CT molecular complexity index is 387. The molecule has 5 heteroatoms. The van der Waals surface area contributed by atoms with Gasteiger partial charge in [0.2, 0.25) is 0 Å². The largest absolute Gasteiger partial charge is 1.00 e. The number of phenolic OH excluding ortho intramolecular Hbond substituents is 2. The molecular formula is C15H21NaO4. The van der Waals surface area contributed by atoms with E-state index in [4.69, 9.17) is 9.59 Å². The Balaban J connectivity index is 0. The van der Waals surface area contributed by atoms with Crippen LogP contribution in [0.3, 0.4) is 0 Å². The standard InChI is InChI=1S/C14H21O2.CO2.Na/c1-2-3-4-5-6-7-9-12-10-8-11-13(15)14(12)16;2-1-3;/h8,10,15-16H,2-7,9H2,1H3;;/q-1;;+1. The number of hydrogen-bond acceptors (Lipinski definition) is 4. The average molecular weight is 288 g/mol. The van der Waals surface area contributed by atoms with E-state index in [0.717, 1.165) is 18.4 Å². The molecular weight excluding hydrogens is 267 g/mol. The number of aryl methyl sites for hydroxylation is 1. The van der Waals surface area contributed by atoms with Crippen LogP contribution in [0.2, 0.25) is 0 Å². The maximum atomic E-state index is 9.56. The predicted octanol–water partition coefficient (Wildman–Crippen LogP) is 0.221. The fraction of sp³-hybridized carbons (Fsp3) is 0.533. The second-order valence-corrected chi connectivity index (χ2v) is 4.30. The summed E-state index contributed by atoms with van der Waals surface area (Å²) in [6.45, 7) is 2.21. The van der Waals surface area contributed by atoms with Crippen molar-refractivity contribution in [1.82, 2.24) is 0 Å². The molecule has 0 radical (unpaired) electrons. The van der Waals surface area contributed by atoms with Crippen molar-refractivity contribution in [3.8, 4) is 11.5 Å². The molecule has 0 aliphatic rings. The smallest absolute Gasteiger partial charge is 0.562 e. The third kappa shape index (κ3) is 10.0. The number of hydrogen-bond donors (Lipinski definition) is 2. The summed E-state index contributed by atoms with van der Waals surface area (Å²) in [6, 6.07) is 6.04. The van der Waals surface area contributed by atoms with Crippen molar-refractivity contribution in [2.45, 2.75) is 51.9 Å². The maximum absolute atomic E-state index is 9.56. The van der Waals surface area contributed by atoms with Gasteiger partial charge in [0.25, 0.3) is 0 Å². The van der Waals surface area contributed by atoms with E-state index in [-0.39, 0.29) is 47.2 Å². The zero-order chi connectivity index (χ0) is 14.5. The predicted molar refractivity (Wildman–Crippen MR) is 70.7 cm³/mol. The molecule has 0 bridgehead atoms. The van der Waals surface area contributed by atoms with Gasteiger partial charge in [-0.15, -0.1) is 11.6 Å². The van der Waals surface area contributed by atoms with Crippen molar-refractivity contribution in [2.24, 2.45) is 0 Å². The van der Waals surface area contributed by atoms with E-state index in [1.54, 1.807) is 6.07 Å². The monoisotopic (exact) mass is 288 g/mol. The molecule has 106 valence electrons. The summed E-state index contributed by atoms with van der Waals surface area (Å²) in [5.74, 6) is -0.139. The van der Waals surface area contributed by atoms with E-state index in [1.807, 2.05) is 6.07 Å². The van der Waals surface area contributed by atoms with Crippen molar-refractivity contribution >= 4 is 6.15 Å². The first-order valence-corrected chi connectivity index (χ1v) is 6.58. The average Bonchev–Trinajstić information content (AvgIpc) is 2.39. The SMILES string of the molecule is CCCCCCCCc1cc[c-]c(O)c1O.O=C=O.[Na+]. The van der Waals surface area contributed by atoms with Crippen molar-refractivity contribution in [3.05, 3.63) is 23.8 Å². The fourth-order valence-corrected chi connectivity index (χ4v) is 1.82. The van der Waals surface area contributed by atoms with Gasteiger partial charge in [0.1, 0.15) is 0 Å². The Labute approximate surface area is 142 Å². The second kappa shape index (κ2) is 14.6. The van der Waals surface area contributed by atoms with Gasteiger partial charge in [-0.25, -0.2) is 0 Å². The van der Waals surface area contributed by atoms with Gasteiger partial charge in [-0.1, -0.05) is 45.4 Å². The van der Waals surface area contributed by atoms with Crippen LogP contribution in [0.25, 0.3) is 0 Å².